The number of nitrogens with zero attached hydrogens (tertiary/aromatic N) is 1. The second kappa shape index (κ2) is 7.28. The zero-order valence-corrected chi connectivity index (χ0v) is 14.6. The number of alkyl halides is 3. The monoisotopic (exact) mass is 386 g/mol. The van der Waals surface area contributed by atoms with Crippen molar-refractivity contribution in [3.63, 3.8) is 0 Å². The van der Waals surface area contributed by atoms with Gasteiger partial charge in [0.25, 0.3) is 0 Å². The maximum absolute atomic E-state index is 12.4. The Morgan fingerprint density at radius 2 is 2.00 bits per heavy atom. The molecule has 2 N–H and O–H groups in total. The van der Waals surface area contributed by atoms with Crippen LogP contribution < -0.4 is 10.1 Å². The van der Waals surface area contributed by atoms with Gasteiger partial charge in [-0.05, 0) is 36.5 Å². The zero-order valence-electron chi connectivity index (χ0n) is 14.6. The molecule has 1 aromatic carbocycles. The number of likely N-dealkylation sites (tertiary alicyclic amines) is 1. The van der Waals surface area contributed by atoms with Crippen LogP contribution in [0.5, 0.6) is 5.75 Å². The quantitative estimate of drug-likeness (QED) is 0.815. The van der Waals surface area contributed by atoms with E-state index in [2.05, 4.69) is 10.1 Å². The Labute approximate surface area is 154 Å². The van der Waals surface area contributed by atoms with E-state index in [1.54, 1.807) is 17.0 Å². The van der Waals surface area contributed by atoms with Crippen LogP contribution in [0.15, 0.2) is 24.3 Å². The molecule has 1 heterocycles. The number of aliphatic carboxylic acids is 1. The third-order valence-electron chi connectivity index (χ3n) is 5.35. The van der Waals surface area contributed by atoms with Crippen LogP contribution in [0.4, 0.5) is 18.0 Å². The van der Waals surface area contributed by atoms with E-state index in [-0.39, 0.29) is 30.8 Å². The number of halogens is 3. The average molecular weight is 386 g/mol. The number of fused-ring (bicyclic) bond motifs is 1. The first-order valence-electron chi connectivity index (χ1n) is 8.74. The van der Waals surface area contributed by atoms with Gasteiger partial charge < -0.3 is 20.1 Å². The highest BCUT2D eigenvalue weighted by atomic mass is 19.4. The SMILES string of the molecule is O=C(NCc1ccc(OCC(F)(F)F)cc1)N1C[C@@H]2CCC[C@@]2(C(=O)O)C1. The summed E-state index contributed by atoms with van der Waals surface area (Å²) < 4.78 is 41.0. The molecule has 9 heteroatoms. The van der Waals surface area contributed by atoms with E-state index in [0.29, 0.717) is 18.5 Å². The predicted molar refractivity (Wildman–Crippen MR) is 89.2 cm³/mol. The largest absolute Gasteiger partial charge is 0.484 e. The lowest BCUT2D eigenvalue weighted by molar-refractivity contribution is -0.153. The van der Waals surface area contributed by atoms with Gasteiger partial charge in [0, 0.05) is 19.6 Å². The van der Waals surface area contributed by atoms with E-state index in [1.165, 1.54) is 12.1 Å². The molecule has 27 heavy (non-hydrogen) atoms. The van der Waals surface area contributed by atoms with Gasteiger partial charge in [0.15, 0.2) is 6.61 Å². The number of hydrogen-bond acceptors (Lipinski definition) is 3. The molecule has 1 saturated heterocycles. The average Bonchev–Trinajstić information content (AvgIpc) is 3.16. The molecule has 2 aliphatic rings. The lowest BCUT2D eigenvalue weighted by Gasteiger charge is -2.23. The van der Waals surface area contributed by atoms with Crippen molar-refractivity contribution in [2.45, 2.75) is 32.0 Å². The summed E-state index contributed by atoms with van der Waals surface area (Å²) in [7, 11) is 0. The first-order valence-corrected chi connectivity index (χ1v) is 8.74. The first kappa shape index (κ1) is 19.3. The lowest BCUT2D eigenvalue weighted by atomic mass is 9.81. The Morgan fingerprint density at radius 3 is 2.59 bits per heavy atom. The maximum Gasteiger partial charge on any atom is 0.422 e. The number of carbonyl (C=O) groups excluding carboxylic acids is 1. The van der Waals surface area contributed by atoms with Crippen LogP contribution >= 0.6 is 0 Å². The van der Waals surface area contributed by atoms with E-state index in [4.69, 9.17) is 0 Å². The molecule has 148 valence electrons. The molecule has 0 spiro atoms. The molecule has 1 saturated carbocycles. The van der Waals surface area contributed by atoms with Crippen molar-refractivity contribution in [2.24, 2.45) is 11.3 Å². The fraction of sp³-hybridized carbons (Fsp3) is 0.556. The van der Waals surface area contributed by atoms with E-state index < -0.39 is 24.2 Å². The fourth-order valence-electron chi connectivity index (χ4n) is 3.95. The van der Waals surface area contributed by atoms with Crippen LogP contribution in [-0.2, 0) is 11.3 Å². The van der Waals surface area contributed by atoms with Crippen molar-refractivity contribution < 1.29 is 32.6 Å². The number of urea groups is 1. The number of carboxylic acids is 1. The van der Waals surface area contributed by atoms with Gasteiger partial charge in [-0.25, -0.2) is 4.79 Å². The minimum atomic E-state index is -4.39. The molecule has 2 fully saturated rings. The number of amides is 2. The Kier molecular flexibility index (Phi) is 5.21. The van der Waals surface area contributed by atoms with Gasteiger partial charge in [0.05, 0.1) is 5.41 Å². The van der Waals surface area contributed by atoms with Gasteiger partial charge in [-0.3, -0.25) is 4.79 Å². The van der Waals surface area contributed by atoms with Crippen molar-refractivity contribution in [3.05, 3.63) is 29.8 Å². The Hall–Kier alpha value is -2.45. The number of hydrogen-bond donors (Lipinski definition) is 2. The van der Waals surface area contributed by atoms with Gasteiger partial charge >= 0.3 is 18.2 Å². The third-order valence-corrected chi connectivity index (χ3v) is 5.35. The summed E-state index contributed by atoms with van der Waals surface area (Å²) in [4.78, 5) is 25.6. The number of carbonyl (C=O) groups is 2. The Morgan fingerprint density at radius 1 is 1.30 bits per heavy atom. The summed E-state index contributed by atoms with van der Waals surface area (Å²) in [6.07, 6.45) is -2.12. The molecule has 1 aromatic rings. The van der Waals surface area contributed by atoms with Crippen molar-refractivity contribution in [1.82, 2.24) is 10.2 Å². The molecule has 3 rings (SSSR count). The van der Waals surface area contributed by atoms with Crippen LogP contribution in [0.25, 0.3) is 0 Å². The minimum absolute atomic E-state index is 0.00850. The number of nitrogens with one attached hydrogen (secondary N) is 1. The zero-order chi connectivity index (χ0) is 19.7. The lowest BCUT2D eigenvalue weighted by Crippen LogP contribution is -2.41. The van der Waals surface area contributed by atoms with Gasteiger partial charge in [0.1, 0.15) is 5.75 Å². The molecular weight excluding hydrogens is 365 g/mol. The standard InChI is InChI=1S/C18H21F3N2O4/c19-18(20,21)11-27-14-5-3-12(4-6-14)8-22-16(26)23-9-13-2-1-7-17(13,10-23)15(24)25/h3-6,13H,1-2,7-11H2,(H,22,26)(H,24,25)/t13-,17+/m0/s1. The second-order valence-electron chi connectivity index (χ2n) is 7.14. The number of rotatable bonds is 5. The molecular formula is C18H21F3N2O4. The summed E-state index contributed by atoms with van der Waals surface area (Å²) >= 11 is 0. The van der Waals surface area contributed by atoms with Crippen molar-refractivity contribution in [2.75, 3.05) is 19.7 Å². The van der Waals surface area contributed by atoms with Crippen LogP contribution in [0.1, 0.15) is 24.8 Å². The minimum Gasteiger partial charge on any atom is -0.484 e. The third kappa shape index (κ3) is 4.28. The number of ether oxygens (including phenoxy) is 1. The molecule has 0 bridgehead atoms. The summed E-state index contributed by atoms with van der Waals surface area (Å²) in [6.45, 7) is -0.518. The van der Waals surface area contributed by atoms with Crippen molar-refractivity contribution in [1.29, 1.82) is 0 Å². The summed E-state index contributed by atoms with van der Waals surface area (Å²) in [5.41, 5.74) is -0.121. The Bertz CT molecular complexity index is 708. The fourth-order valence-corrected chi connectivity index (χ4v) is 3.95. The normalized spacial score (nSPS) is 24.6. The summed E-state index contributed by atoms with van der Waals surface area (Å²) in [5.74, 6) is -0.751. The molecule has 1 aliphatic heterocycles. The predicted octanol–water partition coefficient (Wildman–Crippen LogP) is 3.02. The highest BCUT2D eigenvalue weighted by Crippen LogP contribution is 2.48. The van der Waals surface area contributed by atoms with Crippen LogP contribution in [0, 0.1) is 11.3 Å². The topological polar surface area (TPSA) is 78.9 Å². The van der Waals surface area contributed by atoms with Gasteiger partial charge in [0.2, 0.25) is 0 Å². The molecule has 6 nitrogen and oxygen atoms in total. The van der Waals surface area contributed by atoms with Crippen LogP contribution in [0.3, 0.4) is 0 Å². The van der Waals surface area contributed by atoms with Crippen molar-refractivity contribution >= 4 is 12.0 Å². The Balaban J connectivity index is 1.50. The van der Waals surface area contributed by atoms with Crippen LogP contribution in [0.2, 0.25) is 0 Å². The smallest absolute Gasteiger partial charge is 0.422 e. The number of benzene rings is 1. The molecule has 1 aliphatic carbocycles. The van der Waals surface area contributed by atoms with Gasteiger partial charge in [-0.15, -0.1) is 0 Å². The maximum atomic E-state index is 12.4. The van der Waals surface area contributed by atoms with Gasteiger partial charge in [-0.2, -0.15) is 13.2 Å². The first-order chi connectivity index (χ1) is 12.7. The van der Waals surface area contributed by atoms with Gasteiger partial charge in [-0.1, -0.05) is 18.6 Å². The highest BCUT2D eigenvalue weighted by molar-refractivity contribution is 5.80. The van der Waals surface area contributed by atoms with Crippen LogP contribution in [-0.4, -0.2) is 47.9 Å². The number of carboxylic acid groups (broad SMARTS) is 1. The second-order valence-corrected chi connectivity index (χ2v) is 7.14. The summed E-state index contributed by atoms with van der Waals surface area (Å²) in [5, 5.41) is 12.3. The molecule has 2 amide bonds. The summed E-state index contributed by atoms with van der Waals surface area (Å²) in [6, 6.07) is 5.63. The van der Waals surface area contributed by atoms with E-state index in [9.17, 15) is 27.9 Å². The van der Waals surface area contributed by atoms with E-state index >= 15 is 0 Å². The molecule has 2 atom stereocenters. The molecule has 0 unspecified atom stereocenters. The highest BCUT2D eigenvalue weighted by Gasteiger charge is 2.55. The molecule has 0 aromatic heterocycles. The van der Waals surface area contributed by atoms with E-state index in [0.717, 1.165) is 12.8 Å². The van der Waals surface area contributed by atoms with Crippen molar-refractivity contribution in [3.8, 4) is 5.75 Å². The molecule has 0 radical (unpaired) electrons. The van der Waals surface area contributed by atoms with E-state index in [1.807, 2.05) is 0 Å².